The van der Waals surface area contributed by atoms with Crippen LogP contribution in [0.2, 0.25) is 0 Å². The topological polar surface area (TPSA) is 96.3 Å². The first-order chi connectivity index (χ1) is 18.7. The highest BCUT2D eigenvalue weighted by atomic mass is 19.1. The Labute approximate surface area is 212 Å². The predicted octanol–water partition coefficient (Wildman–Crippen LogP) is 4.04. The number of benzene rings is 1. The van der Waals surface area contributed by atoms with Gasteiger partial charge in [0.25, 0.3) is 0 Å². The minimum absolute atomic E-state index is 0.00748. The third-order valence-corrected chi connectivity index (χ3v) is 7.39. The number of fused-ring (bicyclic) bond motifs is 2. The number of alkyl halides is 1. The van der Waals surface area contributed by atoms with E-state index in [9.17, 15) is 9.50 Å². The minimum atomic E-state index is -2.74. The zero-order valence-electron chi connectivity index (χ0n) is 22.4. The Kier molecular flexibility index (Phi) is 5.07. The summed E-state index contributed by atoms with van der Waals surface area (Å²) in [7, 11) is -2.74. The van der Waals surface area contributed by atoms with E-state index in [1.54, 1.807) is 12.3 Å². The van der Waals surface area contributed by atoms with Crippen LogP contribution >= 0.6 is 0 Å². The van der Waals surface area contributed by atoms with Crippen molar-refractivity contribution in [3.8, 4) is 34.1 Å². The Morgan fingerprint density at radius 1 is 1.11 bits per heavy atom. The molecule has 36 heavy (non-hydrogen) atoms. The number of phenolic OH excluding ortho intramolecular Hbond substituents is 1. The number of aromatic hydroxyl groups is 1. The van der Waals surface area contributed by atoms with Gasteiger partial charge in [-0.25, -0.2) is 18.7 Å². The van der Waals surface area contributed by atoms with Crippen LogP contribution in [0.15, 0.2) is 36.7 Å². The number of pyridine rings is 1. The van der Waals surface area contributed by atoms with Gasteiger partial charge in [-0.3, -0.25) is 0 Å². The number of methoxy groups -OCH3 is 1. The van der Waals surface area contributed by atoms with E-state index in [0.29, 0.717) is 18.3 Å². The predicted molar refractivity (Wildman–Crippen MR) is 130 cm³/mol. The molecule has 3 aliphatic rings. The largest absolute Gasteiger partial charge is 0.507 e. The molecule has 4 heterocycles. The second-order valence-electron chi connectivity index (χ2n) is 9.76. The Bertz CT molecular complexity index is 1360. The molecule has 10 heteroatoms. The molecule has 2 aliphatic heterocycles. The third-order valence-electron chi connectivity index (χ3n) is 7.39. The molecular weight excluding hydrogens is 466 g/mol. The van der Waals surface area contributed by atoms with Gasteiger partial charge < -0.3 is 20.1 Å². The molecule has 8 nitrogen and oxygen atoms in total. The van der Waals surface area contributed by atoms with E-state index in [0.717, 1.165) is 44.4 Å². The molecule has 6 rings (SSSR count). The van der Waals surface area contributed by atoms with Crippen molar-refractivity contribution in [3.05, 3.63) is 42.5 Å². The first-order valence-corrected chi connectivity index (χ1v) is 12.2. The number of rotatable bonds is 6. The van der Waals surface area contributed by atoms with Crippen molar-refractivity contribution >= 4 is 5.82 Å². The normalized spacial score (nSPS) is 27.0. The van der Waals surface area contributed by atoms with E-state index in [-0.39, 0.29) is 52.3 Å². The lowest BCUT2D eigenvalue weighted by Gasteiger charge is -2.47. The quantitative estimate of drug-likeness (QED) is 0.527. The van der Waals surface area contributed by atoms with Crippen LogP contribution in [0.3, 0.4) is 0 Å². The van der Waals surface area contributed by atoms with Crippen LogP contribution in [0.25, 0.3) is 22.5 Å². The fourth-order valence-electron chi connectivity index (χ4n) is 5.52. The highest BCUT2D eigenvalue weighted by Crippen LogP contribution is 2.39. The number of hydrogen-bond donors (Lipinski definition) is 2. The molecule has 1 aliphatic carbocycles. The van der Waals surface area contributed by atoms with Crippen LogP contribution < -0.4 is 15.0 Å². The number of anilines is 1. The van der Waals surface area contributed by atoms with Crippen molar-refractivity contribution in [2.45, 2.75) is 68.9 Å². The summed E-state index contributed by atoms with van der Waals surface area (Å²) in [6.45, 7) is 0. The van der Waals surface area contributed by atoms with Gasteiger partial charge in [0, 0.05) is 29.8 Å². The van der Waals surface area contributed by atoms with E-state index in [4.69, 9.17) is 8.85 Å². The zero-order chi connectivity index (χ0) is 27.3. The molecule has 4 atom stereocenters. The summed E-state index contributed by atoms with van der Waals surface area (Å²) in [5.41, 5.74) is 0.568. The molecule has 2 N–H and O–H groups in total. The summed E-state index contributed by atoms with van der Waals surface area (Å²) < 4.78 is 56.4. The molecular formula is C26H28F2N6O2. The third kappa shape index (κ3) is 4.23. The van der Waals surface area contributed by atoms with Gasteiger partial charge in [-0.15, -0.1) is 10.2 Å². The van der Waals surface area contributed by atoms with Crippen molar-refractivity contribution in [1.29, 1.82) is 0 Å². The van der Waals surface area contributed by atoms with Gasteiger partial charge >= 0.3 is 0 Å². The van der Waals surface area contributed by atoms with E-state index < -0.39 is 19.0 Å². The fourth-order valence-corrected chi connectivity index (χ4v) is 5.52. The Morgan fingerprint density at radius 2 is 2.00 bits per heavy atom. The molecule has 3 fully saturated rings. The number of aromatic nitrogens is 4. The summed E-state index contributed by atoms with van der Waals surface area (Å²) in [6, 6.07) is 5.65. The van der Waals surface area contributed by atoms with E-state index in [1.807, 2.05) is 0 Å². The number of piperidine rings is 2. The molecule has 1 saturated carbocycles. The highest BCUT2D eigenvalue weighted by molar-refractivity contribution is 5.73. The van der Waals surface area contributed by atoms with Crippen LogP contribution in [0, 0.1) is 5.82 Å². The van der Waals surface area contributed by atoms with Gasteiger partial charge in [-0.1, -0.05) is 12.5 Å². The fraction of sp³-hybridized carbons (Fsp3) is 0.462. The van der Waals surface area contributed by atoms with Gasteiger partial charge in [0.1, 0.15) is 17.7 Å². The number of halogens is 2. The van der Waals surface area contributed by atoms with Gasteiger partial charge in [0.05, 0.1) is 35.1 Å². The van der Waals surface area contributed by atoms with E-state index in [1.165, 1.54) is 12.1 Å². The van der Waals surface area contributed by atoms with E-state index in [2.05, 4.69) is 30.4 Å². The molecule has 0 radical (unpaired) electrons. The van der Waals surface area contributed by atoms with Gasteiger partial charge in [-0.05, 0) is 49.8 Å². The monoisotopic (exact) mass is 497 g/mol. The van der Waals surface area contributed by atoms with Gasteiger partial charge in [-0.2, -0.15) is 0 Å². The minimum Gasteiger partial charge on any atom is -0.507 e. The zero-order valence-corrected chi connectivity index (χ0v) is 19.4. The molecule has 188 valence electrons. The maximum Gasteiger partial charge on any atom is 0.213 e. The lowest BCUT2D eigenvalue weighted by molar-refractivity contribution is 0.104. The number of phenols is 1. The van der Waals surface area contributed by atoms with Crippen molar-refractivity contribution < 1.29 is 22.7 Å². The number of hydrogen-bond acceptors (Lipinski definition) is 8. The van der Waals surface area contributed by atoms with Crippen LogP contribution in [-0.4, -0.2) is 62.6 Å². The molecule has 0 unspecified atom stereocenters. The molecule has 2 saturated heterocycles. The second kappa shape index (κ2) is 9.24. The van der Waals surface area contributed by atoms with Crippen LogP contribution in [0.5, 0.6) is 11.6 Å². The van der Waals surface area contributed by atoms with Crippen molar-refractivity contribution in [3.63, 3.8) is 0 Å². The van der Waals surface area contributed by atoms with Crippen LogP contribution in [0.4, 0.5) is 14.6 Å². The molecule has 2 bridgehead atoms. The maximum absolute atomic E-state index is 15.5. The number of nitrogens with one attached hydrogen (secondary N) is 1. The average Bonchev–Trinajstić information content (AvgIpc) is 3.73. The van der Waals surface area contributed by atoms with Crippen molar-refractivity contribution in [2.75, 3.05) is 11.9 Å². The molecule has 3 aromatic rings. The smallest absolute Gasteiger partial charge is 0.213 e. The standard InChI is InChI=1S/C26H28F2N6O2/c1-36-24-11-18(19(27)12-29-24)14-5-8-17(22(35)9-14)26-30-13-23(32-33-26)34(16-6-7-16)21-10-15-3-2-4-20(31-15)25(21)28/h5,8-9,11-13,15-16,20-21,25,31,35H,2-4,6-7,10H2,1H3/t15-,20-,21+,25-/m0/s1/i1D3. The van der Waals surface area contributed by atoms with Crippen LogP contribution in [-0.2, 0) is 0 Å². The lowest BCUT2D eigenvalue weighted by atomic mass is 9.82. The summed E-state index contributed by atoms with van der Waals surface area (Å²) >= 11 is 0. The summed E-state index contributed by atoms with van der Waals surface area (Å²) in [6.07, 6.45) is 7.02. The first-order valence-electron chi connectivity index (χ1n) is 13.7. The molecule has 0 spiro atoms. The van der Waals surface area contributed by atoms with E-state index >= 15 is 4.39 Å². The summed E-state index contributed by atoms with van der Waals surface area (Å²) in [4.78, 5) is 10.1. The molecule has 2 aromatic heterocycles. The highest BCUT2D eigenvalue weighted by Gasteiger charge is 2.46. The Morgan fingerprint density at radius 3 is 2.75 bits per heavy atom. The second-order valence-corrected chi connectivity index (χ2v) is 9.76. The summed E-state index contributed by atoms with van der Waals surface area (Å²) in [5.74, 6) is -0.516. The maximum atomic E-state index is 15.5. The van der Waals surface area contributed by atoms with Crippen molar-refractivity contribution in [2.24, 2.45) is 0 Å². The Hall–Kier alpha value is -3.40. The lowest BCUT2D eigenvalue weighted by Crippen LogP contribution is -2.62. The van der Waals surface area contributed by atoms with Crippen LogP contribution in [0.1, 0.15) is 42.6 Å². The van der Waals surface area contributed by atoms with Gasteiger partial charge in [0.15, 0.2) is 11.6 Å². The SMILES string of the molecule is [2H]C([2H])([2H])Oc1cc(-c2ccc(-c3ncc(N(C4CC4)[C@@H]4C[C@@H]5CCC[C@H](N5)[C@@H]4F)nn3)c(O)c2)c(F)cn1. The average molecular weight is 498 g/mol. The van der Waals surface area contributed by atoms with Crippen molar-refractivity contribution in [1.82, 2.24) is 25.5 Å². The molecule has 1 aromatic carbocycles. The first kappa shape index (κ1) is 19.7. The number of nitrogens with zero attached hydrogens (tertiary/aromatic N) is 5. The Balaban J connectivity index is 1.24. The number of ether oxygens (including phenoxy) is 1. The summed E-state index contributed by atoms with van der Waals surface area (Å²) in [5, 5.41) is 22.8. The molecule has 0 amide bonds. The van der Waals surface area contributed by atoms with Gasteiger partial charge in [0.2, 0.25) is 5.88 Å².